The number of carbonyl (C=O) groups is 1. The van der Waals surface area contributed by atoms with Gasteiger partial charge in [-0.1, -0.05) is 147 Å². The van der Waals surface area contributed by atoms with E-state index < -0.39 is 5.79 Å². The highest BCUT2D eigenvalue weighted by Crippen LogP contribution is 2.44. The molecule has 1 aliphatic carbocycles. The third-order valence-corrected chi connectivity index (χ3v) is 10.7. The number of likely N-dealkylation sites (N-methyl/N-ethyl adjacent to an activating group) is 1. The molecule has 2 fully saturated rings. The van der Waals surface area contributed by atoms with Crippen LogP contribution in [0.1, 0.15) is 206 Å². The van der Waals surface area contributed by atoms with Crippen LogP contribution in [0.25, 0.3) is 0 Å². The van der Waals surface area contributed by atoms with Gasteiger partial charge in [-0.15, -0.1) is 0 Å². The zero-order valence-corrected chi connectivity index (χ0v) is 34.2. The summed E-state index contributed by atoms with van der Waals surface area (Å²) in [6, 6.07) is 0. The lowest BCUT2D eigenvalue weighted by Gasteiger charge is -2.30. The molecule has 0 bridgehead atoms. The largest absolute Gasteiger partial charge is 0.461 e. The van der Waals surface area contributed by atoms with Gasteiger partial charge in [-0.3, -0.25) is 9.69 Å². The SMILES string of the molecule is CCCCC/C=C\C/C=C\CCCCCCCCC1(CCCCCCCC/C=C\CCCCCCCC)O[C@H]2C[C@H](OC(=O)CN(C)C)C[C@H]2O1. The molecule has 5 heteroatoms. The van der Waals surface area contributed by atoms with E-state index >= 15 is 0 Å². The van der Waals surface area contributed by atoms with Gasteiger partial charge in [0.25, 0.3) is 0 Å². The second-order valence-electron chi connectivity index (χ2n) is 16.1. The van der Waals surface area contributed by atoms with E-state index in [1.807, 2.05) is 19.0 Å². The Morgan fingerprint density at radius 1 is 0.569 bits per heavy atom. The van der Waals surface area contributed by atoms with Gasteiger partial charge in [-0.2, -0.15) is 0 Å². The first kappa shape index (κ1) is 45.7. The van der Waals surface area contributed by atoms with Gasteiger partial charge in [0, 0.05) is 25.7 Å². The molecule has 1 saturated heterocycles. The van der Waals surface area contributed by atoms with Crippen molar-refractivity contribution in [3.63, 3.8) is 0 Å². The van der Waals surface area contributed by atoms with Crippen LogP contribution in [-0.2, 0) is 19.0 Å². The third kappa shape index (κ3) is 23.8. The van der Waals surface area contributed by atoms with E-state index in [-0.39, 0.29) is 24.3 Å². The molecular weight excluding hydrogens is 631 g/mol. The Hall–Kier alpha value is -1.43. The summed E-state index contributed by atoms with van der Waals surface area (Å²) in [6.45, 7) is 4.87. The maximum absolute atomic E-state index is 12.3. The molecule has 0 radical (unpaired) electrons. The van der Waals surface area contributed by atoms with E-state index in [0.717, 1.165) is 38.5 Å². The normalized spacial score (nSPS) is 22.0. The van der Waals surface area contributed by atoms with Gasteiger partial charge in [-0.25, -0.2) is 0 Å². The summed E-state index contributed by atoms with van der Waals surface area (Å²) in [7, 11) is 3.80. The summed E-state index contributed by atoms with van der Waals surface area (Å²) < 4.78 is 19.3. The molecule has 296 valence electrons. The minimum Gasteiger partial charge on any atom is -0.461 e. The second kappa shape index (κ2) is 31.0. The second-order valence-corrected chi connectivity index (χ2v) is 16.1. The number of ether oxygens (including phenoxy) is 3. The minimum atomic E-state index is -0.440. The molecule has 5 nitrogen and oxygen atoms in total. The summed E-state index contributed by atoms with van der Waals surface area (Å²) >= 11 is 0. The maximum Gasteiger partial charge on any atom is 0.320 e. The van der Waals surface area contributed by atoms with Crippen molar-refractivity contribution < 1.29 is 19.0 Å². The van der Waals surface area contributed by atoms with E-state index in [1.165, 1.54) is 154 Å². The lowest BCUT2D eigenvalue weighted by atomic mass is 9.98. The van der Waals surface area contributed by atoms with Crippen molar-refractivity contribution in [2.75, 3.05) is 20.6 Å². The highest BCUT2D eigenvalue weighted by molar-refractivity contribution is 5.71. The molecule has 4 atom stereocenters. The van der Waals surface area contributed by atoms with Crippen LogP contribution in [0.2, 0.25) is 0 Å². The number of rotatable bonds is 34. The van der Waals surface area contributed by atoms with E-state index in [9.17, 15) is 4.79 Å². The number of allylic oxidation sites excluding steroid dienone is 6. The summed E-state index contributed by atoms with van der Waals surface area (Å²) in [5, 5.41) is 0. The van der Waals surface area contributed by atoms with Crippen LogP contribution in [0.4, 0.5) is 0 Å². The zero-order valence-electron chi connectivity index (χ0n) is 34.2. The summed E-state index contributed by atoms with van der Waals surface area (Å²) in [5.41, 5.74) is 0. The molecule has 0 spiro atoms. The van der Waals surface area contributed by atoms with Crippen LogP contribution in [0, 0.1) is 0 Å². The first-order valence-electron chi connectivity index (χ1n) is 22.1. The van der Waals surface area contributed by atoms with Gasteiger partial charge in [0.1, 0.15) is 6.10 Å². The van der Waals surface area contributed by atoms with E-state index in [4.69, 9.17) is 14.2 Å². The van der Waals surface area contributed by atoms with Crippen molar-refractivity contribution in [2.45, 2.75) is 231 Å². The molecule has 1 aliphatic heterocycles. The Morgan fingerprint density at radius 3 is 1.39 bits per heavy atom. The van der Waals surface area contributed by atoms with Crippen molar-refractivity contribution in [1.82, 2.24) is 4.90 Å². The van der Waals surface area contributed by atoms with Crippen molar-refractivity contribution in [2.24, 2.45) is 0 Å². The molecular formula is C46H83NO4. The highest BCUT2D eigenvalue weighted by atomic mass is 16.8. The van der Waals surface area contributed by atoms with E-state index in [2.05, 4.69) is 50.3 Å². The predicted octanol–water partition coefficient (Wildman–Crippen LogP) is 13.4. The van der Waals surface area contributed by atoms with Crippen molar-refractivity contribution in [3.05, 3.63) is 36.5 Å². The lowest BCUT2D eigenvalue weighted by Crippen LogP contribution is -2.33. The zero-order chi connectivity index (χ0) is 36.7. The molecule has 1 heterocycles. The van der Waals surface area contributed by atoms with Crippen LogP contribution in [0.5, 0.6) is 0 Å². The summed E-state index contributed by atoms with van der Waals surface area (Å²) in [5.74, 6) is -0.592. The number of unbranched alkanes of at least 4 members (excludes halogenated alkanes) is 21. The molecule has 0 N–H and O–H groups in total. The molecule has 1 saturated carbocycles. The highest BCUT2D eigenvalue weighted by Gasteiger charge is 2.52. The smallest absolute Gasteiger partial charge is 0.320 e. The Labute approximate surface area is 316 Å². The maximum atomic E-state index is 12.3. The fourth-order valence-corrected chi connectivity index (χ4v) is 7.71. The Bertz CT molecular complexity index is 897. The van der Waals surface area contributed by atoms with Gasteiger partial charge in [-0.05, 0) is 84.7 Å². The Balaban J connectivity index is 1.62. The lowest BCUT2D eigenvalue weighted by molar-refractivity contribution is -0.197. The third-order valence-electron chi connectivity index (χ3n) is 10.7. The fraction of sp³-hybridized carbons (Fsp3) is 0.848. The van der Waals surface area contributed by atoms with Gasteiger partial charge >= 0.3 is 5.97 Å². The molecule has 0 aromatic heterocycles. The van der Waals surface area contributed by atoms with E-state index in [1.54, 1.807) is 0 Å². The van der Waals surface area contributed by atoms with Crippen molar-refractivity contribution >= 4 is 5.97 Å². The molecule has 0 aromatic rings. The van der Waals surface area contributed by atoms with Gasteiger partial charge in [0.15, 0.2) is 5.79 Å². The molecule has 2 aliphatic rings. The van der Waals surface area contributed by atoms with Crippen LogP contribution in [0.15, 0.2) is 36.5 Å². The average Bonchev–Trinajstić information content (AvgIpc) is 3.62. The molecule has 0 aromatic carbocycles. The van der Waals surface area contributed by atoms with Crippen molar-refractivity contribution in [1.29, 1.82) is 0 Å². The number of fused-ring (bicyclic) bond motifs is 1. The number of carbonyl (C=O) groups excluding carboxylic acids is 1. The van der Waals surface area contributed by atoms with Crippen molar-refractivity contribution in [3.8, 4) is 0 Å². The van der Waals surface area contributed by atoms with Gasteiger partial charge in [0.05, 0.1) is 18.8 Å². The first-order valence-corrected chi connectivity index (χ1v) is 22.1. The van der Waals surface area contributed by atoms with Gasteiger partial charge < -0.3 is 14.2 Å². The van der Waals surface area contributed by atoms with Crippen LogP contribution < -0.4 is 0 Å². The van der Waals surface area contributed by atoms with Crippen LogP contribution >= 0.6 is 0 Å². The summed E-state index contributed by atoms with van der Waals surface area (Å²) in [4.78, 5) is 14.1. The number of hydrogen-bond donors (Lipinski definition) is 0. The van der Waals surface area contributed by atoms with E-state index in [0.29, 0.717) is 6.54 Å². The molecule has 51 heavy (non-hydrogen) atoms. The standard InChI is InChI=1S/C46H83NO4/c1-5-7-9-11-13-15-17-19-21-23-25-27-29-31-33-35-37-46(50-43-39-42(40-44(43)51-46)49-45(48)41-47(3)4)38-36-34-32-30-28-26-24-22-20-18-16-14-12-10-8-6-2/h13,15,19-22,42-44H,5-12,14,16-18,23-41H2,1-4H3/b15-13-,21-19-,22-20-/t42-,43-,44+,46?. The van der Waals surface area contributed by atoms with Gasteiger partial charge in [0.2, 0.25) is 0 Å². The van der Waals surface area contributed by atoms with Crippen LogP contribution in [-0.4, -0.2) is 55.6 Å². The molecule has 1 unspecified atom stereocenters. The number of nitrogens with zero attached hydrogens (tertiary/aromatic N) is 1. The quantitative estimate of drug-likeness (QED) is 0.0377. The topological polar surface area (TPSA) is 48.0 Å². The number of hydrogen-bond acceptors (Lipinski definition) is 5. The average molecular weight is 714 g/mol. The monoisotopic (exact) mass is 714 g/mol. The molecule has 2 rings (SSSR count). The first-order chi connectivity index (χ1) is 25.0. The molecule has 0 amide bonds. The fourth-order valence-electron chi connectivity index (χ4n) is 7.71. The number of esters is 1. The minimum absolute atomic E-state index is 0.0564. The Morgan fingerprint density at radius 2 is 0.941 bits per heavy atom. The Kier molecular flexibility index (Phi) is 27.8. The van der Waals surface area contributed by atoms with Crippen LogP contribution in [0.3, 0.4) is 0 Å². The summed E-state index contributed by atoms with van der Waals surface area (Å²) in [6.07, 6.45) is 51.4. The predicted molar refractivity (Wildman–Crippen MR) is 218 cm³/mol.